The van der Waals surface area contributed by atoms with Crippen molar-refractivity contribution in [3.8, 4) is 23.0 Å². The molecule has 0 unspecified atom stereocenters. The Labute approximate surface area is 198 Å². The normalized spacial score (nSPS) is 11.1. The minimum Gasteiger partial charge on any atom is -0.494 e. The van der Waals surface area contributed by atoms with Crippen LogP contribution in [-0.4, -0.2) is 40.4 Å². The van der Waals surface area contributed by atoms with Crippen LogP contribution in [0.15, 0.2) is 59.6 Å². The Kier molecular flexibility index (Phi) is 8.40. The first-order valence-electron chi connectivity index (χ1n) is 10.5. The van der Waals surface area contributed by atoms with Gasteiger partial charge in [-0.25, -0.2) is 4.39 Å². The number of ether oxygens (including phenoxy) is 4. The van der Waals surface area contributed by atoms with Crippen LogP contribution in [0.1, 0.15) is 27.9 Å². The zero-order chi connectivity index (χ0) is 24.5. The third-order valence-electron chi connectivity index (χ3n) is 5.02. The maximum atomic E-state index is 13.8. The summed E-state index contributed by atoms with van der Waals surface area (Å²) in [7, 11) is 6.08. The Morgan fingerprint density at radius 3 is 2.12 bits per heavy atom. The van der Waals surface area contributed by atoms with Gasteiger partial charge in [0.05, 0.1) is 34.1 Å². The van der Waals surface area contributed by atoms with E-state index in [1.54, 1.807) is 21.3 Å². The van der Waals surface area contributed by atoms with Crippen LogP contribution < -0.4 is 18.9 Å². The molecule has 0 aromatic heterocycles. The van der Waals surface area contributed by atoms with E-state index in [0.717, 1.165) is 11.1 Å². The van der Waals surface area contributed by atoms with Crippen molar-refractivity contribution in [3.63, 3.8) is 0 Å². The first kappa shape index (κ1) is 24.5. The van der Waals surface area contributed by atoms with E-state index in [9.17, 15) is 9.18 Å². The molecule has 0 aliphatic heterocycles. The van der Waals surface area contributed by atoms with Gasteiger partial charge in [-0.3, -0.25) is 9.79 Å². The van der Waals surface area contributed by atoms with E-state index >= 15 is 0 Å². The Balaban J connectivity index is 1.70. The van der Waals surface area contributed by atoms with Crippen LogP contribution in [0.5, 0.6) is 23.0 Å². The number of carbonyl (C=O) groups excluding carboxylic acids is 1. The molecule has 176 valence electrons. The van der Waals surface area contributed by atoms with E-state index in [4.69, 9.17) is 18.9 Å². The Bertz CT molecular complexity index is 1190. The second kappa shape index (κ2) is 11.7. The zero-order valence-electron chi connectivity index (χ0n) is 19.5. The van der Waals surface area contributed by atoms with Gasteiger partial charge in [-0.15, -0.1) is 0 Å². The minimum absolute atomic E-state index is 0.0529. The molecule has 0 amide bonds. The van der Waals surface area contributed by atoms with Crippen LogP contribution in [0, 0.1) is 5.82 Å². The Hall–Kier alpha value is -4.13. The van der Waals surface area contributed by atoms with Crippen molar-refractivity contribution in [2.75, 3.05) is 28.4 Å². The summed E-state index contributed by atoms with van der Waals surface area (Å²) < 4.78 is 34.8. The molecule has 0 aliphatic rings. The van der Waals surface area contributed by atoms with Crippen LogP contribution in [-0.2, 0) is 0 Å². The monoisotopic (exact) mass is 463 g/mol. The molecule has 0 saturated carbocycles. The highest BCUT2D eigenvalue weighted by Gasteiger charge is 2.12. The fraction of sp³-hybridized carbons (Fsp3) is 0.185. The number of ketones is 1. The van der Waals surface area contributed by atoms with E-state index < -0.39 is 5.82 Å². The Morgan fingerprint density at radius 2 is 1.50 bits per heavy atom. The number of halogens is 1. The molecular weight excluding hydrogens is 437 g/mol. The van der Waals surface area contributed by atoms with Crippen LogP contribution in [0.4, 0.5) is 10.1 Å². The lowest BCUT2D eigenvalue weighted by Crippen LogP contribution is -2.01. The Morgan fingerprint density at radius 1 is 0.824 bits per heavy atom. The molecule has 0 fully saturated rings. The number of nitrogens with zero attached hydrogens (tertiary/aromatic N) is 1. The summed E-state index contributed by atoms with van der Waals surface area (Å²) in [5, 5.41) is 0. The molecule has 0 bridgehead atoms. The van der Waals surface area contributed by atoms with Crippen molar-refractivity contribution in [1.82, 2.24) is 0 Å². The van der Waals surface area contributed by atoms with Gasteiger partial charge in [0.25, 0.3) is 0 Å². The molecule has 0 aliphatic carbocycles. The van der Waals surface area contributed by atoms with Crippen LogP contribution in [0.25, 0.3) is 12.2 Å². The van der Waals surface area contributed by atoms with E-state index in [-0.39, 0.29) is 23.5 Å². The predicted octanol–water partition coefficient (Wildman–Crippen LogP) is 6.01. The fourth-order valence-electron chi connectivity index (χ4n) is 3.29. The summed E-state index contributed by atoms with van der Waals surface area (Å²) in [6.45, 7) is 0. The van der Waals surface area contributed by atoms with Gasteiger partial charge in [0, 0.05) is 18.2 Å². The molecule has 6 nitrogen and oxygen atoms in total. The molecular formula is C27H26FNO5. The topological polar surface area (TPSA) is 66.4 Å². The maximum Gasteiger partial charge on any atom is 0.203 e. The third kappa shape index (κ3) is 6.01. The second-order valence-corrected chi connectivity index (χ2v) is 7.18. The van der Waals surface area contributed by atoms with E-state index in [0.29, 0.717) is 22.9 Å². The average molecular weight is 464 g/mol. The van der Waals surface area contributed by atoms with Crippen LogP contribution in [0.2, 0.25) is 0 Å². The number of carbonyl (C=O) groups is 1. The number of aliphatic imine (C=N–C) groups is 1. The quantitative estimate of drug-likeness (QED) is 0.209. The van der Waals surface area contributed by atoms with E-state index in [1.807, 2.05) is 48.6 Å². The van der Waals surface area contributed by atoms with E-state index in [2.05, 4.69) is 4.99 Å². The zero-order valence-corrected chi connectivity index (χ0v) is 19.5. The number of Topliss-reactive ketones (excluding diaryl/α,β-unsaturated/α-hetero) is 1. The van der Waals surface area contributed by atoms with Crippen LogP contribution >= 0.6 is 0 Å². The van der Waals surface area contributed by atoms with Gasteiger partial charge in [-0.05, 0) is 53.6 Å². The van der Waals surface area contributed by atoms with Crippen molar-refractivity contribution >= 4 is 29.8 Å². The van der Waals surface area contributed by atoms with E-state index in [1.165, 1.54) is 31.5 Å². The average Bonchev–Trinajstić information content (AvgIpc) is 2.86. The molecule has 3 aromatic rings. The fourth-order valence-corrected chi connectivity index (χ4v) is 3.29. The van der Waals surface area contributed by atoms with Gasteiger partial charge < -0.3 is 18.9 Å². The summed E-state index contributed by atoms with van der Waals surface area (Å²) >= 11 is 0. The summed E-state index contributed by atoms with van der Waals surface area (Å²) in [6.07, 6.45) is 5.43. The minimum atomic E-state index is -0.572. The van der Waals surface area contributed by atoms with Gasteiger partial charge in [0.15, 0.2) is 28.8 Å². The summed E-state index contributed by atoms with van der Waals surface area (Å²) in [4.78, 5) is 16.7. The molecule has 7 heteroatoms. The highest BCUT2D eigenvalue weighted by atomic mass is 19.1. The number of hydrogen-bond donors (Lipinski definition) is 0. The second-order valence-electron chi connectivity index (χ2n) is 7.18. The molecule has 0 heterocycles. The summed E-state index contributed by atoms with van der Waals surface area (Å²) in [6, 6.07) is 15.4. The highest BCUT2D eigenvalue weighted by molar-refractivity contribution is 6.04. The molecule has 0 spiro atoms. The van der Waals surface area contributed by atoms with Gasteiger partial charge >= 0.3 is 0 Å². The predicted molar refractivity (Wildman–Crippen MR) is 132 cm³/mol. The lowest BCUT2D eigenvalue weighted by atomic mass is 10.1. The number of benzene rings is 3. The number of rotatable bonds is 10. The van der Waals surface area contributed by atoms with Crippen molar-refractivity contribution in [2.24, 2.45) is 4.99 Å². The first-order valence-corrected chi connectivity index (χ1v) is 10.5. The SMILES string of the molecule is COc1ccc(C(=O)CC=Nc2cccc(/C=C\c3cc(OC)c(OC)c(OC)c3)c2)cc1F. The van der Waals surface area contributed by atoms with Gasteiger partial charge in [0.1, 0.15) is 0 Å². The van der Waals surface area contributed by atoms with Crippen molar-refractivity contribution in [2.45, 2.75) is 6.42 Å². The summed E-state index contributed by atoms with van der Waals surface area (Å²) in [5.74, 6) is 0.968. The van der Waals surface area contributed by atoms with Crippen LogP contribution in [0.3, 0.4) is 0 Å². The smallest absolute Gasteiger partial charge is 0.203 e. The number of hydrogen-bond acceptors (Lipinski definition) is 6. The molecule has 0 saturated heterocycles. The van der Waals surface area contributed by atoms with Crippen molar-refractivity contribution in [1.29, 1.82) is 0 Å². The maximum absolute atomic E-state index is 13.8. The first-order chi connectivity index (χ1) is 16.5. The van der Waals surface area contributed by atoms with Gasteiger partial charge in [0.2, 0.25) is 5.75 Å². The van der Waals surface area contributed by atoms with Crippen molar-refractivity contribution < 1.29 is 28.1 Å². The molecule has 0 atom stereocenters. The standard InChI is InChI=1S/C27H26FNO5/c1-31-24-11-10-20(17-22(24)28)23(30)12-13-29-21-7-5-6-18(14-21)8-9-19-15-25(32-2)27(34-4)26(16-19)33-3/h5-11,13-17H,12H2,1-4H3/b9-8-,29-13?. The molecule has 3 rings (SSSR count). The lowest BCUT2D eigenvalue weighted by Gasteiger charge is -2.12. The highest BCUT2D eigenvalue weighted by Crippen LogP contribution is 2.38. The third-order valence-corrected chi connectivity index (χ3v) is 5.02. The summed E-state index contributed by atoms with van der Waals surface area (Å²) in [5.41, 5.74) is 2.76. The molecule has 3 aromatic carbocycles. The largest absolute Gasteiger partial charge is 0.494 e. The van der Waals surface area contributed by atoms with Gasteiger partial charge in [-0.1, -0.05) is 24.3 Å². The molecule has 34 heavy (non-hydrogen) atoms. The number of methoxy groups -OCH3 is 4. The molecule has 0 radical (unpaired) electrons. The molecule has 0 N–H and O–H groups in total. The van der Waals surface area contributed by atoms with Gasteiger partial charge in [-0.2, -0.15) is 0 Å². The van der Waals surface area contributed by atoms with Crippen molar-refractivity contribution in [3.05, 3.63) is 77.1 Å². The lowest BCUT2D eigenvalue weighted by molar-refractivity contribution is 0.100.